The highest BCUT2D eigenvalue weighted by Gasteiger charge is 2.39. The Hall–Kier alpha value is -2.37. The first-order valence-electron chi connectivity index (χ1n) is 10.8. The van der Waals surface area contributed by atoms with Crippen LogP contribution in [0.5, 0.6) is 0 Å². The number of aromatic nitrogens is 2. The van der Waals surface area contributed by atoms with Crippen LogP contribution >= 0.6 is 0 Å². The lowest BCUT2D eigenvalue weighted by atomic mass is 9.88. The fraction of sp³-hybridized carbons (Fsp3) is 0.571. The Bertz CT molecular complexity index is 1070. The molecule has 174 valence electrons. The van der Waals surface area contributed by atoms with Gasteiger partial charge in [-0.1, -0.05) is 30.8 Å². The molecule has 2 heterocycles. The van der Waals surface area contributed by atoms with E-state index in [4.69, 9.17) is 9.26 Å². The Morgan fingerprint density at radius 2 is 1.84 bits per heavy atom. The predicted octanol–water partition coefficient (Wildman–Crippen LogP) is 2.52. The summed E-state index contributed by atoms with van der Waals surface area (Å²) >= 11 is 0. The zero-order valence-electron chi connectivity index (χ0n) is 18.0. The Balaban J connectivity index is 1.64. The number of carbonyl (C=O) groups excluding carboxylic acids is 1. The van der Waals surface area contributed by atoms with Crippen LogP contribution in [0.15, 0.2) is 27.6 Å². The molecule has 2 fully saturated rings. The summed E-state index contributed by atoms with van der Waals surface area (Å²) < 4.78 is 52.0. The van der Waals surface area contributed by atoms with E-state index in [-0.39, 0.29) is 31.9 Å². The normalized spacial score (nSPS) is 19.9. The second-order valence-corrected chi connectivity index (χ2v) is 10.2. The standard InChI is InChI=1S/C21H27FN4O5S/c1-15-23-20(25-31-15)21(8-4-2-3-5-9-21)24-19(27)16-6-7-17(22)18(14-16)32(28,29)26-10-12-30-13-11-26/h6-7,14H,2-5,8-13H2,1H3,(H,24,27). The fourth-order valence-corrected chi connectivity index (χ4v) is 5.79. The molecule has 0 spiro atoms. The molecule has 1 saturated heterocycles. The van der Waals surface area contributed by atoms with Crippen molar-refractivity contribution in [1.82, 2.24) is 19.8 Å². The largest absolute Gasteiger partial charge is 0.379 e. The first-order chi connectivity index (χ1) is 15.3. The molecule has 1 aliphatic heterocycles. The minimum Gasteiger partial charge on any atom is -0.379 e. The zero-order chi connectivity index (χ0) is 22.8. The summed E-state index contributed by atoms with van der Waals surface area (Å²) in [5.74, 6) is -0.592. The van der Waals surface area contributed by atoms with Crippen LogP contribution in [0.3, 0.4) is 0 Å². The van der Waals surface area contributed by atoms with Gasteiger partial charge in [0.15, 0.2) is 5.82 Å². The van der Waals surface area contributed by atoms with Crippen molar-refractivity contribution < 1.29 is 26.9 Å². The van der Waals surface area contributed by atoms with E-state index in [1.807, 2.05) is 0 Å². The van der Waals surface area contributed by atoms with E-state index in [2.05, 4.69) is 15.5 Å². The number of nitrogens with zero attached hydrogens (tertiary/aromatic N) is 3. The summed E-state index contributed by atoms with van der Waals surface area (Å²) in [5, 5.41) is 7.08. The molecule has 2 aliphatic rings. The fourth-order valence-electron chi connectivity index (χ4n) is 4.29. The van der Waals surface area contributed by atoms with Crippen LogP contribution in [0.4, 0.5) is 4.39 Å². The van der Waals surface area contributed by atoms with Gasteiger partial charge in [-0.2, -0.15) is 9.29 Å². The summed E-state index contributed by atoms with van der Waals surface area (Å²) in [6.45, 7) is 2.45. The van der Waals surface area contributed by atoms with Crippen molar-refractivity contribution in [2.75, 3.05) is 26.3 Å². The van der Waals surface area contributed by atoms with Crippen molar-refractivity contribution in [2.24, 2.45) is 0 Å². The van der Waals surface area contributed by atoms with Crippen molar-refractivity contribution >= 4 is 15.9 Å². The number of hydrogen-bond acceptors (Lipinski definition) is 7. The lowest BCUT2D eigenvalue weighted by Gasteiger charge is -2.31. The van der Waals surface area contributed by atoms with Gasteiger partial charge in [-0.05, 0) is 31.0 Å². The highest BCUT2D eigenvalue weighted by molar-refractivity contribution is 7.89. The maximum absolute atomic E-state index is 14.5. The molecule has 1 N–H and O–H groups in total. The third-order valence-electron chi connectivity index (χ3n) is 6.05. The second-order valence-electron chi connectivity index (χ2n) is 8.25. The minimum atomic E-state index is -4.09. The number of amides is 1. The highest BCUT2D eigenvalue weighted by atomic mass is 32.2. The number of rotatable bonds is 5. The number of hydrogen-bond donors (Lipinski definition) is 1. The van der Waals surface area contributed by atoms with E-state index in [9.17, 15) is 17.6 Å². The van der Waals surface area contributed by atoms with Gasteiger partial charge in [0.1, 0.15) is 16.3 Å². The predicted molar refractivity (Wildman–Crippen MR) is 112 cm³/mol. The summed E-state index contributed by atoms with van der Waals surface area (Å²) in [4.78, 5) is 17.1. The van der Waals surface area contributed by atoms with Gasteiger partial charge < -0.3 is 14.6 Å². The summed E-state index contributed by atoms with van der Waals surface area (Å²) in [6, 6.07) is 3.40. The Labute approximate surface area is 186 Å². The van der Waals surface area contributed by atoms with Crippen LogP contribution in [-0.4, -0.2) is 55.1 Å². The average Bonchev–Trinajstić information content (AvgIpc) is 3.09. The molecule has 1 aliphatic carbocycles. The van der Waals surface area contributed by atoms with Gasteiger partial charge >= 0.3 is 0 Å². The van der Waals surface area contributed by atoms with Crippen LogP contribution in [0.1, 0.15) is 60.6 Å². The molecule has 0 atom stereocenters. The Morgan fingerprint density at radius 3 is 2.47 bits per heavy atom. The van der Waals surface area contributed by atoms with E-state index in [0.717, 1.165) is 37.8 Å². The highest BCUT2D eigenvalue weighted by Crippen LogP contribution is 2.35. The molecule has 4 rings (SSSR count). The molecular formula is C21H27FN4O5S. The van der Waals surface area contributed by atoms with Crippen LogP contribution < -0.4 is 5.32 Å². The summed E-state index contributed by atoms with van der Waals surface area (Å²) in [7, 11) is -4.09. The van der Waals surface area contributed by atoms with Crippen LogP contribution in [0.2, 0.25) is 0 Å². The molecule has 0 unspecified atom stereocenters. The van der Waals surface area contributed by atoms with Gasteiger partial charge in [0, 0.05) is 25.6 Å². The number of morpholine rings is 1. The Morgan fingerprint density at radius 1 is 1.16 bits per heavy atom. The zero-order valence-corrected chi connectivity index (χ0v) is 18.8. The molecule has 32 heavy (non-hydrogen) atoms. The van der Waals surface area contributed by atoms with Crippen molar-refractivity contribution in [3.63, 3.8) is 0 Å². The van der Waals surface area contributed by atoms with Gasteiger partial charge in [-0.25, -0.2) is 12.8 Å². The smallest absolute Gasteiger partial charge is 0.252 e. The molecule has 1 amide bonds. The molecular weight excluding hydrogens is 439 g/mol. The molecule has 1 aromatic heterocycles. The molecule has 2 aromatic rings. The van der Waals surface area contributed by atoms with Crippen molar-refractivity contribution in [2.45, 2.75) is 55.9 Å². The number of carbonyl (C=O) groups is 1. The van der Waals surface area contributed by atoms with Gasteiger partial charge in [0.25, 0.3) is 5.91 Å². The molecule has 1 aromatic carbocycles. The van der Waals surface area contributed by atoms with Gasteiger partial charge in [-0.3, -0.25) is 4.79 Å². The lowest BCUT2D eigenvalue weighted by molar-refractivity contribution is 0.0729. The molecule has 0 radical (unpaired) electrons. The summed E-state index contributed by atoms with van der Waals surface area (Å²) in [5.41, 5.74) is -0.759. The first kappa shape index (κ1) is 22.8. The Kier molecular flexibility index (Phi) is 6.59. The minimum absolute atomic E-state index is 0.0575. The topological polar surface area (TPSA) is 115 Å². The maximum atomic E-state index is 14.5. The quantitative estimate of drug-likeness (QED) is 0.674. The number of ether oxygens (including phenoxy) is 1. The molecule has 11 heteroatoms. The number of sulfonamides is 1. The van der Waals surface area contributed by atoms with Crippen LogP contribution in [0.25, 0.3) is 0 Å². The second kappa shape index (κ2) is 9.24. The monoisotopic (exact) mass is 466 g/mol. The number of aryl methyl sites for hydroxylation is 1. The average molecular weight is 467 g/mol. The van der Waals surface area contributed by atoms with E-state index in [1.54, 1.807) is 6.92 Å². The number of nitrogens with one attached hydrogen (secondary N) is 1. The molecule has 0 bridgehead atoms. The first-order valence-corrected chi connectivity index (χ1v) is 12.3. The number of halogens is 1. The third kappa shape index (κ3) is 4.55. The van der Waals surface area contributed by atoms with Crippen molar-refractivity contribution in [3.8, 4) is 0 Å². The van der Waals surface area contributed by atoms with Crippen LogP contribution in [-0.2, 0) is 20.3 Å². The van der Waals surface area contributed by atoms with Crippen molar-refractivity contribution in [3.05, 3.63) is 41.3 Å². The maximum Gasteiger partial charge on any atom is 0.252 e. The van der Waals surface area contributed by atoms with E-state index in [0.29, 0.717) is 24.6 Å². The van der Waals surface area contributed by atoms with Gasteiger partial charge in [-0.15, -0.1) is 0 Å². The number of benzene rings is 1. The third-order valence-corrected chi connectivity index (χ3v) is 7.96. The summed E-state index contributed by atoms with van der Waals surface area (Å²) in [6.07, 6.45) is 5.11. The SMILES string of the molecule is Cc1nc(C2(NC(=O)c3ccc(F)c(S(=O)(=O)N4CCOCC4)c3)CCCCCC2)no1. The van der Waals surface area contributed by atoms with Gasteiger partial charge in [0.2, 0.25) is 15.9 Å². The molecule has 1 saturated carbocycles. The molecule has 9 nitrogen and oxygen atoms in total. The van der Waals surface area contributed by atoms with Gasteiger partial charge in [0.05, 0.1) is 13.2 Å². The van der Waals surface area contributed by atoms with E-state index < -0.39 is 32.2 Å². The van der Waals surface area contributed by atoms with Crippen molar-refractivity contribution in [1.29, 1.82) is 0 Å². The van der Waals surface area contributed by atoms with Crippen LogP contribution in [0, 0.1) is 12.7 Å². The van der Waals surface area contributed by atoms with E-state index in [1.165, 1.54) is 10.4 Å². The van der Waals surface area contributed by atoms with E-state index >= 15 is 0 Å². The lowest BCUT2D eigenvalue weighted by Crippen LogP contribution is -2.46.